The molecule has 0 spiro atoms. The van der Waals surface area contributed by atoms with Crippen LogP contribution in [0.4, 0.5) is 4.39 Å². The third kappa shape index (κ3) is 3.07. The predicted octanol–water partition coefficient (Wildman–Crippen LogP) is 2.89. The van der Waals surface area contributed by atoms with Crippen molar-refractivity contribution in [3.05, 3.63) is 35.6 Å². The van der Waals surface area contributed by atoms with Crippen LogP contribution in [0.1, 0.15) is 31.9 Å². The van der Waals surface area contributed by atoms with E-state index in [2.05, 4.69) is 11.2 Å². The van der Waals surface area contributed by atoms with E-state index in [1.54, 1.807) is 12.1 Å². The van der Waals surface area contributed by atoms with Gasteiger partial charge < -0.3 is 0 Å². The lowest BCUT2D eigenvalue weighted by molar-refractivity contribution is 0.488. The Kier molecular flexibility index (Phi) is 4.33. The van der Waals surface area contributed by atoms with Gasteiger partial charge >= 0.3 is 0 Å². The fourth-order valence-corrected chi connectivity index (χ4v) is 1.50. The van der Waals surface area contributed by atoms with E-state index in [4.69, 9.17) is 6.42 Å². The minimum atomic E-state index is -0.190. The highest BCUT2D eigenvalue weighted by molar-refractivity contribution is 5.21. The second-order valence-corrected chi connectivity index (χ2v) is 3.54. The Hall–Kier alpha value is -1.33. The van der Waals surface area contributed by atoms with Crippen LogP contribution in [0.2, 0.25) is 0 Å². The summed E-state index contributed by atoms with van der Waals surface area (Å²) in [7, 11) is 0. The van der Waals surface area contributed by atoms with Gasteiger partial charge in [-0.15, -0.1) is 6.42 Å². The van der Waals surface area contributed by atoms with Gasteiger partial charge in [0.05, 0.1) is 6.04 Å². The van der Waals surface area contributed by atoms with Crippen LogP contribution >= 0.6 is 0 Å². The van der Waals surface area contributed by atoms with Crippen molar-refractivity contribution in [2.24, 2.45) is 0 Å². The Morgan fingerprint density at radius 1 is 1.47 bits per heavy atom. The normalized spacial score (nSPS) is 14.3. The quantitative estimate of drug-likeness (QED) is 0.745. The van der Waals surface area contributed by atoms with Crippen LogP contribution in [0.25, 0.3) is 0 Å². The Balaban J connectivity index is 2.73. The highest BCUT2D eigenvalue weighted by Gasteiger charge is 2.12. The first kappa shape index (κ1) is 11.7. The average Bonchev–Trinajstić information content (AvgIpc) is 2.26. The van der Waals surface area contributed by atoms with Crippen LogP contribution in [0.15, 0.2) is 24.3 Å². The highest BCUT2D eigenvalue weighted by atomic mass is 19.1. The molecule has 0 bridgehead atoms. The van der Waals surface area contributed by atoms with Crippen LogP contribution in [0.3, 0.4) is 0 Å². The fourth-order valence-electron chi connectivity index (χ4n) is 1.50. The molecule has 0 saturated carbocycles. The van der Waals surface area contributed by atoms with Gasteiger partial charge in [0, 0.05) is 11.6 Å². The van der Waals surface area contributed by atoms with Crippen molar-refractivity contribution in [1.29, 1.82) is 0 Å². The summed E-state index contributed by atoms with van der Waals surface area (Å²) in [6, 6.07) is 6.68. The second-order valence-electron chi connectivity index (χ2n) is 3.54. The molecule has 2 unspecified atom stereocenters. The first-order valence-corrected chi connectivity index (χ1v) is 5.15. The van der Waals surface area contributed by atoms with Crippen molar-refractivity contribution in [2.45, 2.75) is 32.4 Å². The molecular weight excluding hydrogens is 189 g/mol. The monoisotopic (exact) mass is 205 g/mol. The highest BCUT2D eigenvalue weighted by Crippen LogP contribution is 2.16. The van der Waals surface area contributed by atoms with Gasteiger partial charge in [-0.05, 0) is 19.4 Å². The first-order valence-electron chi connectivity index (χ1n) is 5.15. The van der Waals surface area contributed by atoms with Crippen molar-refractivity contribution in [2.75, 3.05) is 0 Å². The van der Waals surface area contributed by atoms with E-state index in [1.165, 1.54) is 6.07 Å². The van der Waals surface area contributed by atoms with Crippen molar-refractivity contribution in [3.8, 4) is 12.3 Å². The zero-order chi connectivity index (χ0) is 11.3. The zero-order valence-electron chi connectivity index (χ0n) is 9.13. The van der Waals surface area contributed by atoms with Crippen molar-refractivity contribution in [3.63, 3.8) is 0 Å². The number of nitrogens with one attached hydrogen (secondary N) is 1. The lowest BCUT2D eigenvalue weighted by atomic mass is 10.1. The van der Waals surface area contributed by atoms with E-state index >= 15 is 0 Å². The molecule has 1 N–H and O–H groups in total. The molecule has 0 fully saturated rings. The lowest BCUT2D eigenvalue weighted by Crippen LogP contribution is -2.30. The van der Waals surface area contributed by atoms with E-state index in [1.807, 2.05) is 19.9 Å². The largest absolute Gasteiger partial charge is 0.297 e. The number of benzene rings is 1. The van der Waals surface area contributed by atoms with Crippen molar-refractivity contribution >= 4 is 0 Å². The minimum Gasteiger partial charge on any atom is -0.297 e. The summed E-state index contributed by atoms with van der Waals surface area (Å²) in [5, 5.41) is 3.20. The summed E-state index contributed by atoms with van der Waals surface area (Å²) in [5.74, 6) is 2.45. The predicted molar refractivity (Wildman–Crippen MR) is 60.9 cm³/mol. The topological polar surface area (TPSA) is 12.0 Å². The summed E-state index contributed by atoms with van der Waals surface area (Å²) < 4.78 is 13.4. The Bertz CT molecular complexity index is 354. The van der Waals surface area contributed by atoms with Gasteiger partial charge in [0.1, 0.15) is 5.82 Å². The summed E-state index contributed by atoms with van der Waals surface area (Å²) in [5.41, 5.74) is 0.659. The SMILES string of the molecule is C#CC(CC)NC(C)c1ccccc1F. The Labute approximate surface area is 90.7 Å². The average molecular weight is 205 g/mol. The van der Waals surface area contributed by atoms with Gasteiger partial charge in [-0.1, -0.05) is 31.0 Å². The molecule has 15 heavy (non-hydrogen) atoms. The standard InChI is InChI=1S/C13H16FN/c1-4-11(5-2)15-10(3)12-8-6-7-9-13(12)14/h1,6-11,15H,5H2,2-3H3. The fraction of sp³-hybridized carbons (Fsp3) is 0.385. The number of terminal acetylenes is 1. The molecule has 1 rings (SSSR count). The molecule has 0 amide bonds. The van der Waals surface area contributed by atoms with E-state index < -0.39 is 0 Å². The molecule has 0 aliphatic heterocycles. The van der Waals surface area contributed by atoms with Gasteiger partial charge in [-0.2, -0.15) is 0 Å². The molecule has 1 nitrogen and oxygen atoms in total. The van der Waals surface area contributed by atoms with Crippen molar-refractivity contribution in [1.82, 2.24) is 5.32 Å². The summed E-state index contributed by atoms with van der Waals surface area (Å²) in [6.45, 7) is 3.92. The number of hydrogen-bond acceptors (Lipinski definition) is 1. The van der Waals surface area contributed by atoms with Crippen LogP contribution in [-0.2, 0) is 0 Å². The summed E-state index contributed by atoms with van der Waals surface area (Å²) in [6.07, 6.45) is 6.18. The molecule has 1 aromatic rings. The number of hydrogen-bond donors (Lipinski definition) is 1. The van der Waals surface area contributed by atoms with E-state index in [-0.39, 0.29) is 17.9 Å². The molecule has 0 saturated heterocycles. The van der Waals surface area contributed by atoms with E-state index in [0.717, 1.165) is 6.42 Å². The summed E-state index contributed by atoms with van der Waals surface area (Å²) >= 11 is 0. The zero-order valence-corrected chi connectivity index (χ0v) is 9.13. The number of rotatable bonds is 4. The van der Waals surface area contributed by atoms with Crippen LogP contribution in [0, 0.1) is 18.2 Å². The maximum absolute atomic E-state index is 13.4. The Morgan fingerprint density at radius 2 is 2.13 bits per heavy atom. The second kappa shape index (κ2) is 5.53. The van der Waals surface area contributed by atoms with E-state index in [0.29, 0.717) is 5.56 Å². The van der Waals surface area contributed by atoms with Crippen molar-refractivity contribution < 1.29 is 4.39 Å². The third-order valence-electron chi connectivity index (χ3n) is 2.43. The molecule has 0 radical (unpaired) electrons. The maximum atomic E-state index is 13.4. The molecule has 80 valence electrons. The molecule has 0 aliphatic rings. The minimum absolute atomic E-state index is 0.000365. The Morgan fingerprint density at radius 3 is 2.67 bits per heavy atom. The third-order valence-corrected chi connectivity index (χ3v) is 2.43. The van der Waals surface area contributed by atoms with Crippen LogP contribution < -0.4 is 5.32 Å². The molecule has 2 heteroatoms. The molecule has 0 aliphatic carbocycles. The maximum Gasteiger partial charge on any atom is 0.127 e. The molecule has 0 heterocycles. The van der Waals surface area contributed by atoms with Gasteiger partial charge in [-0.3, -0.25) is 5.32 Å². The van der Waals surface area contributed by atoms with Gasteiger partial charge in [0.15, 0.2) is 0 Å². The van der Waals surface area contributed by atoms with Crippen LogP contribution in [0.5, 0.6) is 0 Å². The van der Waals surface area contributed by atoms with Crippen LogP contribution in [-0.4, -0.2) is 6.04 Å². The molecule has 2 atom stereocenters. The van der Waals surface area contributed by atoms with Gasteiger partial charge in [0.2, 0.25) is 0 Å². The van der Waals surface area contributed by atoms with Gasteiger partial charge in [0.25, 0.3) is 0 Å². The molecular formula is C13H16FN. The van der Waals surface area contributed by atoms with E-state index in [9.17, 15) is 4.39 Å². The summed E-state index contributed by atoms with van der Waals surface area (Å²) in [4.78, 5) is 0. The molecule has 0 aromatic heterocycles. The smallest absolute Gasteiger partial charge is 0.127 e. The molecule has 1 aromatic carbocycles. The first-order chi connectivity index (χ1) is 7.19. The number of halogens is 1. The van der Waals surface area contributed by atoms with Gasteiger partial charge in [-0.25, -0.2) is 4.39 Å². The lowest BCUT2D eigenvalue weighted by Gasteiger charge is -2.18.